The Balaban J connectivity index is 2.19. The Morgan fingerprint density at radius 1 is 1.67 bits per heavy atom. The van der Waals surface area contributed by atoms with Crippen LogP contribution in [0.2, 0.25) is 0 Å². The lowest BCUT2D eigenvalue weighted by Gasteiger charge is -2.15. The summed E-state index contributed by atoms with van der Waals surface area (Å²) in [4.78, 5) is 0. The monoisotopic (exact) mass is 168 g/mol. The molecule has 68 valence electrons. The fourth-order valence-electron chi connectivity index (χ4n) is 1.22. The smallest absolute Gasteiger partial charge is 0.0628 e. The predicted molar refractivity (Wildman–Crippen MR) is 46.4 cm³/mol. The van der Waals surface area contributed by atoms with Gasteiger partial charge >= 0.3 is 0 Å². The van der Waals surface area contributed by atoms with Crippen LogP contribution in [0.4, 0.5) is 0 Å². The number of aliphatic hydroxyl groups is 1. The van der Waals surface area contributed by atoms with E-state index in [-0.39, 0.29) is 18.1 Å². The van der Waals surface area contributed by atoms with E-state index in [1.165, 1.54) is 0 Å². The van der Waals surface area contributed by atoms with Crippen molar-refractivity contribution in [2.24, 2.45) is 5.41 Å². The van der Waals surface area contributed by atoms with Crippen molar-refractivity contribution in [2.75, 3.05) is 13.2 Å². The highest BCUT2D eigenvalue weighted by molar-refractivity contribution is 5.00. The van der Waals surface area contributed by atoms with Crippen LogP contribution in [0.1, 0.15) is 26.2 Å². The van der Waals surface area contributed by atoms with Crippen LogP contribution in [-0.4, -0.2) is 24.3 Å². The van der Waals surface area contributed by atoms with Crippen LogP contribution in [0.15, 0.2) is 0 Å². The van der Waals surface area contributed by atoms with Gasteiger partial charge in [-0.2, -0.15) is 5.26 Å². The van der Waals surface area contributed by atoms with Crippen LogP contribution in [-0.2, 0) is 0 Å². The Morgan fingerprint density at radius 3 is 2.75 bits per heavy atom. The lowest BCUT2D eigenvalue weighted by atomic mass is 10.0. The molecule has 3 heteroatoms. The number of hydrogen-bond acceptors (Lipinski definition) is 3. The summed E-state index contributed by atoms with van der Waals surface area (Å²) in [6.07, 6.45) is 2.97. The van der Waals surface area contributed by atoms with Crippen molar-refractivity contribution < 1.29 is 5.11 Å². The molecule has 0 spiro atoms. The van der Waals surface area contributed by atoms with Crippen molar-refractivity contribution in [1.29, 1.82) is 5.26 Å². The molecule has 1 atom stereocenters. The van der Waals surface area contributed by atoms with Crippen LogP contribution in [0, 0.1) is 16.7 Å². The quantitative estimate of drug-likeness (QED) is 0.633. The Morgan fingerprint density at radius 2 is 2.33 bits per heavy atom. The minimum atomic E-state index is 0.154. The van der Waals surface area contributed by atoms with E-state index < -0.39 is 0 Å². The average Bonchev–Trinajstić information content (AvgIpc) is 2.82. The first-order valence-corrected chi connectivity index (χ1v) is 4.44. The van der Waals surface area contributed by atoms with Crippen molar-refractivity contribution in [3.63, 3.8) is 0 Å². The maximum Gasteiger partial charge on any atom is 0.0628 e. The SMILES string of the molecule is CC(CO)NCC1(CC#N)CC1. The predicted octanol–water partition coefficient (Wildman–Crippen LogP) is 0.651. The molecule has 1 unspecified atom stereocenters. The van der Waals surface area contributed by atoms with Crippen LogP contribution < -0.4 is 5.32 Å². The van der Waals surface area contributed by atoms with E-state index in [2.05, 4.69) is 11.4 Å². The van der Waals surface area contributed by atoms with Gasteiger partial charge in [-0.3, -0.25) is 0 Å². The summed E-state index contributed by atoms with van der Waals surface area (Å²) in [5, 5.41) is 20.5. The maximum absolute atomic E-state index is 8.75. The van der Waals surface area contributed by atoms with Crippen LogP contribution in [0.25, 0.3) is 0 Å². The lowest BCUT2D eigenvalue weighted by Crippen LogP contribution is -2.34. The molecule has 12 heavy (non-hydrogen) atoms. The molecule has 1 aliphatic carbocycles. The van der Waals surface area contributed by atoms with E-state index in [1.807, 2.05) is 6.92 Å². The summed E-state index contributed by atoms with van der Waals surface area (Å²) in [7, 11) is 0. The summed E-state index contributed by atoms with van der Waals surface area (Å²) in [6, 6.07) is 2.36. The second kappa shape index (κ2) is 3.88. The topological polar surface area (TPSA) is 56.0 Å². The van der Waals surface area contributed by atoms with Gasteiger partial charge in [-0.15, -0.1) is 0 Å². The summed E-state index contributed by atoms with van der Waals surface area (Å²) in [6.45, 7) is 2.99. The molecule has 3 nitrogen and oxygen atoms in total. The maximum atomic E-state index is 8.75. The zero-order valence-corrected chi connectivity index (χ0v) is 7.51. The van der Waals surface area contributed by atoms with Gasteiger partial charge in [-0.25, -0.2) is 0 Å². The Labute approximate surface area is 73.4 Å². The molecule has 0 aliphatic heterocycles. The highest BCUT2D eigenvalue weighted by Gasteiger charge is 2.41. The number of nitrogens with one attached hydrogen (secondary N) is 1. The highest BCUT2D eigenvalue weighted by Crippen LogP contribution is 2.47. The molecule has 0 amide bonds. The van der Waals surface area contributed by atoms with E-state index in [4.69, 9.17) is 10.4 Å². The van der Waals surface area contributed by atoms with Crippen LogP contribution in [0.5, 0.6) is 0 Å². The summed E-state index contributed by atoms with van der Waals surface area (Å²) < 4.78 is 0. The standard InChI is InChI=1S/C9H16N2O/c1-8(6-12)11-7-9(2-3-9)4-5-10/h8,11-12H,2-4,6-7H2,1H3. The first-order valence-electron chi connectivity index (χ1n) is 4.44. The van der Waals surface area contributed by atoms with E-state index in [0.29, 0.717) is 6.42 Å². The zero-order valence-electron chi connectivity index (χ0n) is 7.51. The van der Waals surface area contributed by atoms with Crippen molar-refractivity contribution in [3.8, 4) is 6.07 Å². The molecule has 2 N–H and O–H groups in total. The van der Waals surface area contributed by atoms with Crippen LogP contribution in [0.3, 0.4) is 0 Å². The van der Waals surface area contributed by atoms with Crippen molar-refractivity contribution in [2.45, 2.75) is 32.2 Å². The largest absolute Gasteiger partial charge is 0.395 e. The number of rotatable bonds is 5. The van der Waals surface area contributed by atoms with E-state index >= 15 is 0 Å². The molecule has 0 aromatic heterocycles. The minimum Gasteiger partial charge on any atom is -0.395 e. The lowest BCUT2D eigenvalue weighted by molar-refractivity contribution is 0.244. The molecule has 0 aromatic rings. The fraction of sp³-hybridized carbons (Fsp3) is 0.889. The number of nitrogens with zero attached hydrogens (tertiary/aromatic N) is 1. The van der Waals surface area contributed by atoms with Gasteiger partial charge in [-0.1, -0.05) is 0 Å². The summed E-state index contributed by atoms with van der Waals surface area (Å²) in [5.74, 6) is 0. The normalized spacial score (nSPS) is 21.4. The molecule has 0 heterocycles. The number of nitriles is 1. The molecule has 1 rings (SSSR count). The van der Waals surface area contributed by atoms with Gasteiger partial charge in [0.05, 0.1) is 12.7 Å². The summed E-state index contributed by atoms with van der Waals surface area (Å²) >= 11 is 0. The number of aliphatic hydroxyl groups excluding tert-OH is 1. The first-order chi connectivity index (χ1) is 5.72. The van der Waals surface area contributed by atoms with Crippen molar-refractivity contribution in [1.82, 2.24) is 5.32 Å². The van der Waals surface area contributed by atoms with E-state index in [1.54, 1.807) is 0 Å². The van der Waals surface area contributed by atoms with E-state index in [9.17, 15) is 0 Å². The van der Waals surface area contributed by atoms with Gasteiger partial charge in [0, 0.05) is 19.0 Å². The summed E-state index contributed by atoms with van der Waals surface area (Å²) in [5.41, 5.74) is 0.248. The minimum absolute atomic E-state index is 0.154. The molecule has 0 radical (unpaired) electrons. The van der Waals surface area contributed by atoms with Crippen LogP contribution >= 0.6 is 0 Å². The second-order valence-electron chi connectivity index (χ2n) is 3.80. The Bertz CT molecular complexity index is 181. The van der Waals surface area contributed by atoms with Gasteiger partial charge < -0.3 is 10.4 Å². The second-order valence-corrected chi connectivity index (χ2v) is 3.80. The zero-order chi connectivity index (χ0) is 9.03. The molecule has 1 saturated carbocycles. The third kappa shape index (κ3) is 2.47. The molecular weight excluding hydrogens is 152 g/mol. The van der Waals surface area contributed by atoms with Gasteiger partial charge in [-0.05, 0) is 25.2 Å². The molecule has 0 aromatic carbocycles. The third-order valence-corrected chi connectivity index (χ3v) is 2.51. The van der Waals surface area contributed by atoms with Gasteiger partial charge in [0.1, 0.15) is 0 Å². The molecule has 1 aliphatic rings. The van der Waals surface area contributed by atoms with E-state index in [0.717, 1.165) is 19.4 Å². The van der Waals surface area contributed by atoms with Gasteiger partial charge in [0.25, 0.3) is 0 Å². The number of hydrogen-bond donors (Lipinski definition) is 2. The van der Waals surface area contributed by atoms with Gasteiger partial charge in [0.15, 0.2) is 0 Å². The fourth-order valence-corrected chi connectivity index (χ4v) is 1.22. The molecule has 1 fully saturated rings. The molecule has 0 bridgehead atoms. The first kappa shape index (κ1) is 9.50. The van der Waals surface area contributed by atoms with Crippen molar-refractivity contribution >= 4 is 0 Å². The third-order valence-electron chi connectivity index (χ3n) is 2.51. The van der Waals surface area contributed by atoms with Crippen molar-refractivity contribution in [3.05, 3.63) is 0 Å². The average molecular weight is 168 g/mol. The molecule has 0 saturated heterocycles. The van der Waals surface area contributed by atoms with Gasteiger partial charge in [0.2, 0.25) is 0 Å². The molecular formula is C9H16N2O. The Kier molecular flexibility index (Phi) is 3.07. The Hall–Kier alpha value is -0.590. The highest BCUT2D eigenvalue weighted by atomic mass is 16.3.